The van der Waals surface area contributed by atoms with Crippen LogP contribution in [0.15, 0.2) is 48.5 Å². The summed E-state index contributed by atoms with van der Waals surface area (Å²) < 4.78 is 5.59. The van der Waals surface area contributed by atoms with Gasteiger partial charge in [-0.2, -0.15) is 0 Å². The van der Waals surface area contributed by atoms with Crippen LogP contribution in [0.5, 0.6) is 5.75 Å². The van der Waals surface area contributed by atoms with Gasteiger partial charge in [-0.1, -0.05) is 29.8 Å². The Hall–Kier alpha value is -2.73. The first-order valence-corrected chi connectivity index (χ1v) is 10.2. The molecule has 1 saturated heterocycles. The minimum Gasteiger partial charge on any atom is -0.492 e. The van der Waals surface area contributed by atoms with Gasteiger partial charge < -0.3 is 20.3 Å². The molecular weight excluding hydrogens is 390 g/mol. The number of amides is 3. The summed E-state index contributed by atoms with van der Waals surface area (Å²) in [5, 5.41) is 6.42. The molecule has 7 heteroatoms. The molecule has 0 aromatic heterocycles. The maximum absolute atomic E-state index is 12.5. The average Bonchev–Trinajstić information content (AvgIpc) is 2.71. The van der Waals surface area contributed by atoms with Gasteiger partial charge in [0.25, 0.3) is 0 Å². The molecule has 1 atom stereocenters. The highest BCUT2D eigenvalue weighted by Gasteiger charge is 2.28. The van der Waals surface area contributed by atoms with Gasteiger partial charge in [-0.05, 0) is 55.7 Å². The summed E-state index contributed by atoms with van der Waals surface area (Å²) in [6, 6.07) is 14.6. The van der Waals surface area contributed by atoms with Crippen molar-refractivity contribution in [2.24, 2.45) is 5.92 Å². The van der Waals surface area contributed by atoms with Crippen LogP contribution in [0.4, 0.5) is 10.5 Å². The lowest BCUT2D eigenvalue weighted by molar-refractivity contribution is -0.126. The molecule has 1 fully saturated rings. The first kappa shape index (κ1) is 21.0. The number of hydrogen-bond acceptors (Lipinski definition) is 3. The van der Waals surface area contributed by atoms with Crippen LogP contribution in [0.3, 0.4) is 0 Å². The van der Waals surface area contributed by atoms with Crippen molar-refractivity contribution < 1.29 is 14.3 Å². The molecule has 1 unspecified atom stereocenters. The second-order valence-electron chi connectivity index (χ2n) is 7.18. The first-order chi connectivity index (χ1) is 14.0. The van der Waals surface area contributed by atoms with Crippen molar-refractivity contribution >= 4 is 29.2 Å². The lowest BCUT2D eigenvalue weighted by Gasteiger charge is -2.32. The van der Waals surface area contributed by atoms with E-state index in [1.807, 2.05) is 43.3 Å². The smallest absolute Gasteiger partial charge is 0.321 e. The molecule has 0 bridgehead atoms. The number of rotatable bonds is 6. The van der Waals surface area contributed by atoms with E-state index in [4.69, 9.17) is 16.3 Å². The number of nitrogens with one attached hydrogen (secondary N) is 2. The summed E-state index contributed by atoms with van der Waals surface area (Å²) in [4.78, 5) is 26.7. The van der Waals surface area contributed by atoms with Crippen LogP contribution in [0.1, 0.15) is 18.4 Å². The van der Waals surface area contributed by atoms with Crippen LogP contribution in [0.2, 0.25) is 5.02 Å². The quantitative estimate of drug-likeness (QED) is 0.698. The van der Waals surface area contributed by atoms with E-state index >= 15 is 0 Å². The number of piperidine rings is 1. The van der Waals surface area contributed by atoms with E-state index in [9.17, 15) is 9.59 Å². The Bertz CT molecular complexity index is 859. The molecule has 0 radical (unpaired) electrons. The molecule has 3 rings (SSSR count). The normalized spacial score (nSPS) is 16.2. The van der Waals surface area contributed by atoms with Crippen molar-refractivity contribution in [3.63, 3.8) is 0 Å². The third-order valence-corrected chi connectivity index (χ3v) is 5.05. The van der Waals surface area contributed by atoms with E-state index in [0.29, 0.717) is 37.0 Å². The molecule has 154 valence electrons. The zero-order valence-electron chi connectivity index (χ0n) is 16.5. The number of likely N-dealkylation sites (tertiary alicyclic amines) is 1. The molecule has 0 spiro atoms. The summed E-state index contributed by atoms with van der Waals surface area (Å²) in [6.07, 6.45) is 1.58. The van der Waals surface area contributed by atoms with Crippen molar-refractivity contribution in [3.05, 3.63) is 59.1 Å². The molecule has 0 aliphatic carbocycles. The number of halogens is 1. The lowest BCUT2D eigenvalue weighted by Crippen LogP contribution is -2.47. The van der Waals surface area contributed by atoms with Crippen LogP contribution in [0.25, 0.3) is 0 Å². The fourth-order valence-electron chi connectivity index (χ4n) is 3.35. The monoisotopic (exact) mass is 415 g/mol. The second kappa shape index (κ2) is 10.2. The summed E-state index contributed by atoms with van der Waals surface area (Å²) in [7, 11) is 0. The largest absolute Gasteiger partial charge is 0.492 e. The van der Waals surface area contributed by atoms with E-state index in [1.54, 1.807) is 17.0 Å². The molecule has 1 heterocycles. The number of nitrogens with zero attached hydrogens (tertiary/aromatic N) is 1. The first-order valence-electron chi connectivity index (χ1n) is 9.80. The molecule has 29 heavy (non-hydrogen) atoms. The van der Waals surface area contributed by atoms with Crippen LogP contribution in [0, 0.1) is 12.8 Å². The average molecular weight is 416 g/mol. The minimum atomic E-state index is -0.210. The summed E-state index contributed by atoms with van der Waals surface area (Å²) in [5.74, 6) is 0.411. The number of ether oxygens (including phenoxy) is 1. The maximum atomic E-state index is 12.5. The van der Waals surface area contributed by atoms with Gasteiger partial charge >= 0.3 is 6.03 Å². The van der Waals surface area contributed by atoms with Crippen molar-refractivity contribution in [1.29, 1.82) is 0 Å². The zero-order valence-corrected chi connectivity index (χ0v) is 17.2. The number of hydrogen-bond donors (Lipinski definition) is 2. The van der Waals surface area contributed by atoms with Gasteiger partial charge in [0.05, 0.1) is 12.5 Å². The number of anilines is 1. The van der Waals surface area contributed by atoms with Crippen LogP contribution >= 0.6 is 11.6 Å². The molecule has 6 nitrogen and oxygen atoms in total. The number of carbonyl (C=O) groups is 2. The lowest BCUT2D eigenvalue weighted by atomic mass is 9.97. The zero-order chi connectivity index (χ0) is 20.6. The molecule has 0 saturated carbocycles. The predicted octanol–water partition coefficient (Wildman–Crippen LogP) is 4.09. The Labute approximate surface area is 176 Å². The Kier molecular flexibility index (Phi) is 7.36. The van der Waals surface area contributed by atoms with Gasteiger partial charge in [0.1, 0.15) is 12.4 Å². The number of urea groups is 1. The summed E-state index contributed by atoms with van der Waals surface area (Å²) >= 11 is 5.92. The Morgan fingerprint density at radius 3 is 2.83 bits per heavy atom. The third kappa shape index (κ3) is 6.39. The van der Waals surface area contributed by atoms with E-state index < -0.39 is 0 Å². The second-order valence-corrected chi connectivity index (χ2v) is 7.62. The van der Waals surface area contributed by atoms with Gasteiger partial charge in [0, 0.05) is 23.8 Å². The third-order valence-electron chi connectivity index (χ3n) is 4.81. The minimum absolute atomic E-state index is 0.0484. The topological polar surface area (TPSA) is 70.7 Å². The number of carbonyl (C=O) groups excluding carboxylic acids is 2. The van der Waals surface area contributed by atoms with Crippen molar-refractivity contribution in [3.8, 4) is 5.75 Å². The van der Waals surface area contributed by atoms with Crippen LogP contribution in [-0.4, -0.2) is 43.1 Å². The van der Waals surface area contributed by atoms with Crippen molar-refractivity contribution in [1.82, 2.24) is 10.2 Å². The number of benzene rings is 2. The predicted molar refractivity (Wildman–Crippen MR) is 114 cm³/mol. The van der Waals surface area contributed by atoms with Crippen LogP contribution in [-0.2, 0) is 4.79 Å². The van der Waals surface area contributed by atoms with Gasteiger partial charge in [0.2, 0.25) is 5.91 Å². The summed E-state index contributed by atoms with van der Waals surface area (Å²) in [5.41, 5.74) is 1.85. The van der Waals surface area contributed by atoms with E-state index in [-0.39, 0.29) is 17.9 Å². The van der Waals surface area contributed by atoms with Gasteiger partial charge in [-0.15, -0.1) is 0 Å². The molecule has 1 aliphatic heterocycles. The SMILES string of the molecule is Cc1cccc(NC(=O)N2CCCC(C(=O)NCCOc3cccc(Cl)c3)C2)c1. The maximum Gasteiger partial charge on any atom is 0.321 e. The van der Waals surface area contributed by atoms with E-state index in [0.717, 1.165) is 24.1 Å². The van der Waals surface area contributed by atoms with Gasteiger partial charge in [-0.3, -0.25) is 4.79 Å². The highest BCUT2D eigenvalue weighted by Crippen LogP contribution is 2.19. The Morgan fingerprint density at radius 1 is 1.21 bits per heavy atom. The fraction of sp³-hybridized carbons (Fsp3) is 0.364. The van der Waals surface area contributed by atoms with E-state index in [2.05, 4.69) is 10.6 Å². The molecule has 2 aromatic rings. The van der Waals surface area contributed by atoms with E-state index in [1.165, 1.54) is 0 Å². The van der Waals surface area contributed by atoms with Gasteiger partial charge in [-0.25, -0.2) is 4.79 Å². The molecule has 1 aliphatic rings. The van der Waals surface area contributed by atoms with Crippen LogP contribution < -0.4 is 15.4 Å². The number of aryl methyl sites for hydroxylation is 1. The van der Waals surface area contributed by atoms with Gasteiger partial charge in [0.15, 0.2) is 0 Å². The molecule has 2 N–H and O–H groups in total. The molecule has 3 amide bonds. The van der Waals surface area contributed by atoms with Crippen molar-refractivity contribution in [2.75, 3.05) is 31.6 Å². The molecular formula is C22H26ClN3O3. The highest BCUT2D eigenvalue weighted by molar-refractivity contribution is 6.30. The van der Waals surface area contributed by atoms with Crippen molar-refractivity contribution in [2.45, 2.75) is 19.8 Å². The Morgan fingerprint density at radius 2 is 2.03 bits per heavy atom. The highest BCUT2D eigenvalue weighted by atomic mass is 35.5. The molecule has 2 aromatic carbocycles. The fourth-order valence-corrected chi connectivity index (χ4v) is 3.53. The standard InChI is InChI=1S/C22H26ClN3O3/c1-16-5-2-8-19(13-16)25-22(28)26-11-4-6-17(15-26)21(27)24-10-12-29-20-9-3-7-18(23)14-20/h2-3,5,7-9,13-14,17H,4,6,10-12,15H2,1H3,(H,24,27)(H,25,28). The Balaban J connectivity index is 1.43. The summed E-state index contributed by atoms with van der Waals surface area (Å²) in [6.45, 7) is 3.80.